The minimum Gasteiger partial charge on any atom is -0.366 e. The molecule has 2 aromatic heterocycles. The molecule has 5 nitrogen and oxygen atoms in total. The fourth-order valence-corrected chi connectivity index (χ4v) is 2.18. The van der Waals surface area contributed by atoms with Crippen LogP contribution in [0.2, 0.25) is 0 Å². The minimum absolute atomic E-state index is 0. The van der Waals surface area contributed by atoms with Crippen molar-refractivity contribution in [1.82, 2.24) is 19.9 Å². The maximum atomic E-state index is 4.44. The van der Waals surface area contributed by atoms with E-state index in [-0.39, 0.29) is 24.8 Å². The molecule has 0 unspecified atom stereocenters. The fraction of sp³-hybridized carbons (Fsp3) is 0.385. The van der Waals surface area contributed by atoms with Crippen LogP contribution in [0.3, 0.4) is 0 Å². The van der Waals surface area contributed by atoms with Crippen LogP contribution in [0.1, 0.15) is 6.42 Å². The van der Waals surface area contributed by atoms with Gasteiger partial charge in [0.1, 0.15) is 5.82 Å². The number of aryl methyl sites for hydroxylation is 1. The molecule has 1 fully saturated rings. The summed E-state index contributed by atoms with van der Waals surface area (Å²) in [5.74, 6) is 0.934. The number of rotatable bonds is 3. The van der Waals surface area contributed by atoms with E-state index in [1.54, 1.807) is 6.33 Å². The summed E-state index contributed by atoms with van der Waals surface area (Å²) in [5, 5.41) is 6.76. The summed E-state index contributed by atoms with van der Waals surface area (Å²) < 4.78 is 1.94. The summed E-state index contributed by atoms with van der Waals surface area (Å²) in [6.45, 7) is 2.10. The zero-order valence-electron chi connectivity index (χ0n) is 11.2. The van der Waals surface area contributed by atoms with Crippen LogP contribution in [0.4, 0.5) is 5.82 Å². The van der Waals surface area contributed by atoms with Crippen molar-refractivity contribution in [2.75, 3.05) is 18.4 Å². The van der Waals surface area contributed by atoms with Crippen LogP contribution < -0.4 is 10.6 Å². The molecule has 0 aromatic carbocycles. The van der Waals surface area contributed by atoms with Gasteiger partial charge in [-0.25, -0.2) is 9.97 Å². The highest BCUT2D eigenvalue weighted by Gasteiger charge is 2.14. The molecule has 2 N–H and O–H groups in total. The van der Waals surface area contributed by atoms with E-state index in [2.05, 4.69) is 26.7 Å². The van der Waals surface area contributed by atoms with E-state index in [1.807, 2.05) is 30.1 Å². The van der Waals surface area contributed by atoms with Crippen LogP contribution in [0.25, 0.3) is 11.3 Å². The number of hydrogen-bond acceptors (Lipinski definition) is 4. The standard InChI is InChI=1S/C13H17N5.2ClH/c1-18-8-12(16-9-18)10-2-3-13(15-6-10)17-11-4-5-14-7-11;;/h2-3,6,8-9,11,14H,4-5,7H2,1H3,(H,15,17);2*1H/t11-;;/m0../s1. The van der Waals surface area contributed by atoms with Crippen molar-refractivity contribution < 1.29 is 0 Å². The van der Waals surface area contributed by atoms with E-state index < -0.39 is 0 Å². The van der Waals surface area contributed by atoms with Crippen molar-refractivity contribution in [2.45, 2.75) is 12.5 Å². The third-order valence-corrected chi connectivity index (χ3v) is 3.18. The highest BCUT2D eigenvalue weighted by molar-refractivity contribution is 5.85. The third kappa shape index (κ3) is 3.85. The van der Waals surface area contributed by atoms with Crippen molar-refractivity contribution in [1.29, 1.82) is 0 Å². The summed E-state index contributed by atoms with van der Waals surface area (Å²) in [5.41, 5.74) is 2.00. The maximum absolute atomic E-state index is 4.44. The molecular formula is C13H19Cl2N5. The van der Waals surface area contributed by atoms with Crippen molar-refractivity contribution in [2.24, 2.45) is 7.05 Å². The van der Waals surface area contributed by atoms with Gasteiger partial charge in [-0.2, -0.15) is 0 Å². The molecule has 20 heavy (non-hydrogen) atoms. The van der Waals surface area contributed by atoms with Crippen molar-refractivity contribution >= 4 is 30.6 Å². The highest BCUT2D eigenvalue weighted by atomic mass is 35.5. The lowest BCUT2D eigenvalue weighted by atomic mass is 10.2. The molecule has 0 aliphatic carbocycles. The summed E-state index contributed by atoms with van der Waals surface area (Å²) in [6, 6.07) is 4.57. The molecule has 0 saturated carbocycles. The van der Waals surface area contributed by atoms with E-state index in [9.17, 15) is 0 Å². The average Bonchev–Trinajstić information content (AvgIpc) is 3.02. The first kappa shape index (κ1) is 16.8. The van der Waals surface area contributed by atoms with E-state index in [0.717, 1.165) is 36.6 Å². The van der Waals surface area contributed by atoms with Gasteiger partial charge in [-0.15, -0.1) is 24.8 Å². The summed E-state index contributed by atoms with van der Waals surface area (Å²) in [6.07, 6.45) is 6.81. The zero-order chi connectivity index (χ0) is 12.4. The van der Waals surface area contributed by atoms with Crippen LogP contribution in [0.5, 0.6) is 0 Å². The molecule has 0 amide bonds. The van der Waals surface area contributed by atoms with Gasteiger partial charge in [0.25, 0.3) is 0 Å². The van der Waals surface area contributed by atoms with Gasteiger partial charge in [0.2, 0.25) is 0 Å². The lowest BCUT2D eigenvalue weighted by Crippen LogP contribution is -2.22. The maximum Gasteiger partial charge on any atom is 0.126 e. The van der Waals surface area contributed by atoms with Gasteiger partial charge in [-0.1, -0.05) is 0 Å². The molecule has 0 bridgehead atoms. The molecule has 1 atom stereocenters. The Bertz CT molecular complexity index is 520. The van der Waals surface area contributed by atoms with Crippen molar-refractivity contribution in [3.63, 3.8) is 0 Å². The Morgan fingerprint density at radius 2 is 2.15 bits per heavy atom. The second-order valence-corrected chi connectivity index (χ2v) is 4.69. The Labute approximate surface area is 131 Å². The van der Waals surface area contributed by atoms with Crippen molar-refractivity contribution in [3.8, 4) is 11.3 Å². The second kappa shape index (κ2) is 7.47. The van der Waals surface area contributed by atoms with E-state index in [0.29, 0.717) is 6.04 Å². The smallest absolute Gasteiger partial charge is 0.126 e. The monoisotopic (exact) mass is 315 g/mol. The Morgan fingerprint density at radius 3 is 2.70 bits per heavy atom. The van der Waals surface area contributed by atoms with Crippen LogP contribution >= 0.6 is 24.8 Å². The molecule has 3 heterocycles. The quantitative estimate of drug-likeness (QED) is 0.910. The lowest BCUT2D eigenvalue weighted by molar-refractivity contribution is 0.788. The van der Waals surface area contributed by atoms with Gasteiger partial charge in [0.15, 0.2) is 0 Å². The molecule has 110 valence electrons. The normalized spacial score (nSPS) is 17.1. The minimum atomic E-state index is 0. The summed E-state index contributed by atoms with van der Waals surface area (Å²) in [4.78, 5) is 8.75. The Morgan fingerprint density at radius 1 is 1.30 bits per heavy atom. The SMILES string of the molecule is Cl.Cl.Cn1cnc(-c2ccc(N[C@H]3CCNC3)nc2)c1. The third-order valence-electron chi connectivity index (χ3n) is 3.18. The van der Waals surface area contributed by atoms with Gasteiger partial charge >= 0.3 is 0 Å². The van der Waals surface area contributed by atoms with E-state index >= 15 is 0 Å². The molecule has 2 aromatic rings. The number of hydrogen-bond donors (Lipinski definition) is 2. The number of aromatic nitrogens is 3. The summed E-state index contributed by atoms with van der Waals surface area (Å²) in [7, 11) is 1.97. The van der Waals surface area contributed by atoms with Crippen LogP contribution in [-0.4, -0.2) is 33.7 Å². The number of anilines is 1. The number of halogens is 2. The van der Waals surface area contributed by atoms with Crippen LogP contribution in [-0.2, 0) is 7.05 Å². The van der Waals surface area contributed by atoms with E-state index in [4.69, 9.17) is 0 Å². The predicted octanol–water partition coefficient (Wildman–Crippen LogP) is 2.10. The van der Waals surface area contributed by atoms with Gasteiger partial charge < -0.3 is 15.2 Å². The number of imidazole rings is 1. The first-order chi connectivity index (χ1) is 8.81. The first-order valence-corrected chi connectivity index (χ1v) is 6.23. The van der Waals surface area contributed by atoms with Gasteiger partial charge in [-0.05, 0) is 25.1 Å². The number of nitrogens with one attached hydrogen (secondary N) is 2. The fourth-order valence-electron chi connectivity index (χ4n) is 2.18. The first-order valence-electron chi connectivity index (χ1n) is 6.23. The molecule has 0 radical (unpaired) electrons. The highest BCUT2D eigenvalue weighted by Crippen LogP contribution is 2.17. The summed E-state index contributed by atoms with van der Waals surface area (Å²) >= 11 is 0. The average molecular weight is 316 g/mol. The molecule has 1 aliphatic heterocycles. The molecular weight excluding hydrogens is 297 g/mol. The van der Waals surface area contributed by atoms with E-state index in [1.165, 1.54) is 0 Å². The molecule has 1 aliphatic rings. The Hall–Kier alpha value is -1.30. The largest absolute Gasteiger partial charge is 0.366 e. The van der Waals surface area contributed by atoms with Crippen LogP contribution in [0, 0.1) is 0 Å². The molecule has 1 saturated heterocycles. The molecule has 0 spiro atoms. The number of nitrogens with zero attached hydrogens (tertiary/aromatic N) is 3. The molecule has 3 rings (SSSR count). The van der Waals surface area contributed by atoms with Crippen molar-refractivity contribution in [3.05, 3.63) is 30.9 Å². The van der Waals surface area contributed by atoms with Gasteiger partial charge in [-0.3, -0.25) is 0 Å². The number of pyridine rings is 1. The Balaban J connectivity index is 0.000001000. The van der Waals surface area contributed by atoms with Gasteiger partial charge in [0, 0.05) is 37.6 Å². The molecule has 7 heteroatoms. The second-order valence-electron chi connectivity index (χ2n) is 4.69. The topological polar surface area (TPSA) is 54.8 Å². The van der Waals surface area contributed by atoms with Crippen LogP contribution in [0.15, 0.2) is 30.9 Å². The zero-order valence-corrected chi connectivity index (χ0v) is 12.9. The van der Waals surface area contributed by atoms with Gasteiger partial charge in [0.05, 0.1) is 12.0 Å². The lowest BCUT2D eigenvalue weighted by Gasteiger charge is -2.11. The predicted molar refractivity (Wildman–Crippen MR) is 85.8 cm³/mol. The Kier molecular flexibility index (Phi) is 6.26.